The van der Waals surface area contributed by atoms with E-state index >= 15 is 0 Å². The predicted octanol–water partition coefficient (Wildman–Crippen LogP) is 2.59. The van der Waals surface area contributed by atoms with Gasteiger partial charge in [-0.2, -0.15) is 0 Å². The first-order valence-corrected chi connectivity index (χ1v) is 8.08. The third-order valence-corrected chi connectivity index (χ3v) is 4.49. The van der Waals surface area contributed by atoms with E-state index in [0.717, 1.165) is 11.5 Å². The van der Waals surface area contributed by atoms with Crippen molar-refractivity contribution in [1.29, 1.82) is 0 Å². The number of morpholine rings is 1. The molecule has 3 rings (SSSR count). The van der Waals surface area contributed by atoms with Gasteiger partial charge in [-0.25, -0.2) is 8.78 Å². The van der Waals surface area contributed by atoms with Crippen molar-refractivity contribution in [2.24, 2.45) is 0 Å². The highest BCUT2D eigenvalue weighted by atomic mass is 32.1. The van der Waals surface area contributed by atoms with E-state index in [0.29, 0.717) is 23.5 Å². The normalized spacial score (nSPS) is 21.7. The first-order valence-electron chi connectivity index (χ1n) is 7.31. The Balaban J connectivity index is 2.09. The van der Waals surface area contributed by atoms with Crippen LogP contribution in [0.5, 0.6) is 0 Å². The molecule has 0 radical (unpaired) electrons. The van der Waals surface area contributed by atoms with Gasteiger partial charge in [-0.3, -0.25) is 0 Å². The second-order valence-corrected chi connectivity index (χ2v) is 6.45. The molecule has 2 unspecified atom stereocenters. The number of benzene rings is 1. The van der Waals surface area contributed by atoms with E-state index in [1.165, 1.54) is 12.3 Å². The molecule has 2 aromatic rings. The zero-order valence-corrected chi connectivity index (χ0v) is 13.6. The molecular weight excluding hydrogens is 324 g/mol. The number of hydrogen-bond acceptors (Lipinski definition) is 6. The quantitative estimate of drug-likeness (QED) is 0.930. The third-order valence-electron chi connectivity index (χ3n) is 3.79. The Hall–Kier alpha value is -1.64. The second-order valence-electron chi connectivity index (χ2n) is 5.66. The van der Waals surface area contributed by atoms with Gasteiger partial charge < -0.3 is 14.7 Å². The van der Waals surface area contributed by atoms with Crippen LogP contribution < -0.4 is 4.90 Å². The molecule has 1 saturated heterocycles. The van der Waals surface area contributed by atoms with Crippen LogP contribution in [0, 0.1) is 11.6 Å². The predicted molar refractivity (Wildman–Crippen MR) is 83.4 cm³/mol. The fourth-order valence-corrected chi connectivity index (χ4v) is 3.48. The van der Waals surface area contributed by atoms with E-state index in [1.54, 1.807) is 4.90 Å². The number of hydrogen-bond donors (Lipinski definition) is 1. The molecule has 5 nitrogen and oxygen atoms in total. The lowest BCUT2D eigenvalue weighted by molar-refractivity contribution is -0.00553. The minimum absolute atomic E-state index is 0.0691. The molecular formula is C15H17F2N3O2S. The monoisotopic (exact) mass is 341 g/mol. The number of halogens is 2. The minimum Gasteiger partial charge on any atom is -0.392 e. The Kier molecular flexibility index (Phi) is 4.56. The Labute approximate surface area is 136 Å². The van der Waals surface area contributed by atoms with E-state index in [1.807, 2.05) is 13.8 Å². The van der Waals surface area contributed by atoms with Gasteiger partial charge >= 0.3 is 0 Å². The van der Waals surface area contributed by atoms with Crippen molar-refractivity contribution >= 4 is 17.2 Å². The summed E-state index contributed by atoms with van der Waals surface area (Å²) < 4.78 is 38.6. The maximum Gasteiger partial charge on any atom is 0.183 e. The topological polar surface area (TPSA) is 58.5 Å². The third kappa shape index (κ3) is 3.06. The highest BCUT2D eigenvalue weighted by molar-refractivity contribution is 7.09. The van der Waals surface area contributed by atoms with Crippen LogP contribution >= 0.6 is 11.5 Å². The van der Waals surface area contributed by atoms with E-state index < -0.39 is 11.6 Å². The van der Waals surface area contributed by atoms with Gasteiger partial charge in [-0.05, 0) is 31.4 Å². The van der Waals surface area contributed by atoms with Crippen LogP contribution in [0.1, 0.15) is 19.4 Å². The van der Waals surface area contributed by atoms with Crippen molar-refractivity contribution < 1.29 is 18.6 Å². The average Bonchev–Trinajstić information content (AvgIpc) is 3.02. The maximum absolute atomic E-state index is 14.7. The molecule has 1 aromatic carbocycles. The van der Waals surface area contributed by atoms with Crippen molar-refractivity contribution in [3.05, 3.63) is 29.5 Å². The molecule has 0 bridgehead atoms. The number of aliphatic hydroxyl groups is 1. The largest absolute Gasteiger partial charge is 0.392 e. The standard InChI is InChI=1S/C15H17F2N3O2S/c1-8-5-20(6-9(2)22-8)15-10(7-21)3-11(13(16)14(15)17)12-4-18-19-23-12/h3-4,8-9,21H,5-7H2,1-2H3. The molecule has 1 N–H and O–H groups in total. The summed E-state index contributed by atoms with van der Waals surface area (Å²) in [5.74, 6) is -1.91. The first-order chi connectivity index (χ1) is 11.0. The van der Waals surface area contributed by atoms with Gasteiger partial charge in [-0.1, -0.05) is 4.49 Å². The van der Waals surface area contributed by atoms with Gasteiger partial charge in [0.05, 0.1) is 35.6 Å². The smallest absolute Gasteiger partial charge is 0.183 e. The van der Waals surface area contributed by atoms with E-state index in [-0.39, 0.29) is 30.1 Å². The number of aromatic nitrogens is 2. The fraction of sp³-hybridized carbons (Fsp3) is 0.467. The maximum atomic E-state index is 14.7. The molecule has 0 amide bonds. The molecule has 2 atom stereocenters. The summed E-state index contributed by atoms with van der Waals surface area (Å²) in [6.07, 6.45) is 1.18. The number of rotatable bonds is 3. The van der Waals surface area contributed by atoms with Crippen molar-refractivity contribution in [3.63, 3.8) is 0 Å². The van der Waals surface area contributed by atoms with Crippen LogP contribution in [0.4, 0.5) is 14.5 Å². The Morgan fingerprint density at radius 2 is 2.00 bits per heavy atom. The summed E-state index contributed by atoms with van der Waals surface area (Å²) in [6, 6.07) is 1.47. The lowest BCUT2D eigenvalue weighted by Crippen LogP contribution is -2.46. The summed E-state index contributed by atoms with van der Waals surface area (Å²) in [5, 5.41) is 13.3. The number of nitrogens with zero attached hydrogens (tertiary/aromatic N) is 3. The molecule has 0 aliphatic carbocycles. The summed E-state index contributed by atoms with van der Waals surface area (Å²) >= 11 is 0.977. The van der Waals surface area contributed by atoms with Gasteiger partial charge in [0, 0.05) is 24.2 Å². The van der Waals surface area contributed by atoms with Crippen molar-refractivity contribution in [1.82, 2.24) is 9.59 Å². The molecule has 0 spiro atoms. The van der Waals surface area contributed by atoms with Crippen LogP contribution in [0.15, 0.2) is 12.3 Å². The second kappa shape index (κ2) is 6.46. The summed E-state index contributed by atoms with van der Waals surface area (Å²) in [4.78, 5) is 2.16. The fourth-order valence-electron chi connectivity index (χ4n) is 2.96. The summed E-state index contributed by atoms with van der Waals surface area (Å²) in [6.45, 7) is 4.26. The Bertz CT molecular complexity index is 687. The minimum atomic E-state index is -0.957. The number of aliphatic hydroxyl groups excluding tert-OH is 1. The van der Waals surface area contributed by atoms with Crippen molar-refractivity contribution in [3.8, 4) is 10.4 Å². The molecule has 124 valence electrons. The molecule has 23 heavy (non-hydrogen) atoms. The average molecular weight is 341 g/mol. The van der Waals surface area contributed by atoms with Gasteiger partial charge in [0.1, 0.15) is 0 Å². The van der Waals surface area contributed by atoms with Crippen LogP contribution in [0.2, 0.25) is 0 Å². The van der Waals surface area contributed by atoms with Crippen molar-refractivity contribution in [2.45, 2.75) is 32.7 Å². The number of ether oxygens (including phenoxy) is 1. The van der Waals surface area contributed by atoms with Gasteiger partial charge in [0.2, 0.25) is 0 Å². The summed E-state index contributed by atoms with van der Waals surface area (Å²) in [7, 11) is 0. The molecule has 1 aliphatic heterocycles. The molecule has 2 heterocycles. The zero-order chi connectivity index (χ0) is 16.6. The highest BCUT2D eigenvalue weighted by Crippen LogP contribution is 2.36. The lowest BCUT2D eigenvalue weighted by atomic mass is 10.0. The SMILES string of the molecule is CC1CN(c2c(CO)cc(-c3cnns3)c(F)c2F)CC(C)O1. The van der Waals surface area contributed by atoms with Crippen LogP contribution in [-0.2, 0) is 11.3 Å². The first kappa shape index (κ1) is 16.2. The molecule has 0 saturated carbocycles. The molecule has 1 fully saturated rings. The zero-order valence-electron chi connectivity index (χ0n) is 12.8. The van der Waals surface area contributed by atoms with Crippen molar-refractivity contribution in [2.75, 3.05) is 18.0 Å². The molecule has 8 heteroatoms. The molecule has 1 aliphatic rings. The van der Waals surface area contributed by atoms with E-state index in [2.05, 4.69) is 9.59 Å². The van der Waals surface area contributed by atoms with Crippen LogP contribution in [0.3, 0.4) is 0 Å². The van der Waals surface area contributed by atoms with E-state index in [9.17, 15) is 13.9 Å². The Morgan fingerprint density at radius 1 is 1.30 bits per heavy atom. The van der Waals surface area contributed by atoms with Crippen LogP contribution in [0.25, 0.3) is 10.4 Å². The summed E-state index contributed by atoms with van der Waals surface area (Å²) in [5.41, 5.74) is 0.515. The van der Waals surface area contributed by atoms with Gasteiger partial charge in [0.15, 0.2) is 11.6 Å². The number of anilines is 1. The lowest BCUT2D eigenvalue weighted by Gasteiger charge is -2.38. The van der Waals surface area contributed by atoms with E-state index in [4.69, 9.17) is 4.74 Å². The van der Waals surface area contributed by atoms with Gasteiger partial charge in [-0.15, -0.1) is 5.10 Å². The van der Waals surface area contributed by atoms with Gasteiger partial charge in [0.25, 0.3) is 0 Å². The van der Waals surface area contributed by atoms with Crippen LogP contribution in [-0.4, -0.2) is 40.0 Å². The molecule has 1 aromatic heterocycles. The highest BCUT2D eigenvalue weighted by Gasteiger charge is 2.29. The Morgan fingerprint density at radius 3 is 2.57 bits per heavy atom.